The smallest absolute Gasteiger partial charge is 0.405 e. The number of rotatable bonds is 8. The summed E-state index contributed by atoms with van der Waals surface area (Å²) < 4.78 is 28.1. The van der Waals surface area contributed by atoms with Gasteiger partial charge in [0, 0.05) is 19.0 Å². The topological polar surface area (TPSA) is 88.1 Å². The average molecular weight is 499 g/mol. The Labute approximate surface area is 203 Å². The molecule has 2 unspecified atom stereocenters. The number of para-hydroxylation sites is 2. The van der Waals surface area contributed by atoms with Crippen molar-refractivity contribution in [3.63, 3.8) is 0 Å². The fraction of sp³-hybridized carbons (Fsp3) is 0.240. The molecule has 1 amide bonds. The minimum atomic E-state index is -3.63. The van der Waals surface area contributed by atoms with Gasteiger partial charge in [0.15, 0.2) is 0 Å². The van der Waals surface area contributed by atoms with Crippen LogP contribution in [-0.2, 0) is 11.0 Å². The minimum Gasteiger partial charge on any atom is -0.487 e. The molecular formula is C25H27N2O5PS. The molecular weight excluding hydrogens is 471 g/mol. The van der Waals surface area contributed by atoms with E-state index < -0.39 is 24.6 Å². The molecule has 34 heavy (non-hydrogen) atoms. The van der Waals surface area contributed by atoms with Gasteiger partial charge >= 0.3 is 13.6 Å². The van der Waals surface area contributed by atoms with Crippen molar-refractivity contribution in [2.75, 3.05) is 7.05 Å². The third-order valence-corrected chi connectivity index (χ3v) is 9.31. The number of amides is 1. The molecule has 0 saturated carbocycles. The van der Waals surface area contributed by atoms with Crippen molar-refractivity contribution in [1.82, 2.24) is 9.39 Å². The Morgan fingerprint density at radius 2 is 1.74 bits per heavy atom. The predicted octanol–water partition coefficient (Wildman–Crippen LogP) is 5.84. The maximum absolute atomic E-state index is 14.4. The summed E-state index contributed by atoms with van der Waals surface area (Å²) in [5.41, 5.74) is 1.29. The minimum absolute atomic E-state index is 0.390. The number of hydrogen-bond donors (Lipinski definition) is 2. The number of fused-ring (bicyclic) bond motifs is 1. The highest BCUT2D eigenvalue weighted by atomic mass is 32.2. The zero-order valence-electron chi connectivity index (χ0n) is 19.2. The molecule has 2 atom stereocenters. The van der Waals surface area contributed by atoms with Crippen molar-refractivity contribution in [3.05, 3.63) is 90.0 Å². The Hall–Kier alpha value is -2.93. The second-order valence-corrected chi connectivity index (χ2v) is 12.4. The van der Waals surface area contributed by atoms with E-state index in [0.29, 0.717) is 22.4 Å². The molecule has 0 saturated heterocycles. The maximum atomic E-state index is 14.4. The molecule has 3 aromatic rings. The van der Waals surface area contributed by atoms with E-state index in [1.807, 2.05) is 44.2 Å². The van der Waals surface area contributed by atoms with Crippen LogP contribution in [0.1, 0.15) is 30.3 Å². The van der Waals surface area contributed by atoms with Gasteiger partial charge in [0.05, 0.1) is 5.30 Å². The number of carboxylic acid groups (broad SMARTS) is 1. The number of nitrogens with one attached hydrogen (secondary N) is 1. The quantitative estimate of drug-likeness (QED) is 0.229. The number of ether oxygens (including phenoxy) is 1. The SMILES string of the molecule is CN(SC(NC(=O)O)c1cccc2c1OC(C)(C)C2)P(=O)(Oc1ccccc1)c1ccccc1. The van der Waals surface area contributed by atoms with Crippen molar-refractivity contribution in [1.29, 1.82) is 0 Å². The van der Waals surface area contributed by atoms with Gasteiger partial charge in [-0.25, -0.2) is 4.79 Å². The van der Waals surface area contributed by atoms with Crippen LogP contribution in [0.2, 0.25) is 0 Å². The second-order valence-electron chi connectivity index (χ2n) is 8.53. The van der Waals surface area contributed by atoms with Crippen LogP contribution in [0.5, 0.6) is 11.5 Å². The Kier molecular flexibility index (Phi) is 6.94. The lowest BCUT2D eigenvalue weighted by Crippen LogP contribution is -2.30. The van der Waals surface area contributed by atoms with E-state index in [1.165, 1.54) is 4.08 Å². The van der Waals surface area contributed by atoms with Crippen LogP contribution in [0.25, 0.3) is 0 Å². The predicted molar refractivity (Wildman–Crippen MR) is 135 cm³/mol. The highest BCUT2D eigenvalue weighted by Crippen LogP contribution is 2.55. The Bertz CT molecular complexity index is 1210. The fourth-order valence-corrected chi connectivity index (χ4v) is 7.27. The van der Waals surface area contributed by atoms with Gasteiger partial charge in [-0.05, 0) is 55.6 Å². The van der Waals surface area contributed by atoms with E-state index in [1.54, 1.807) is 55.6 Å². The van der Waals surface area contributed by atoms with Crippen LogP contribution < -0.4 is 19.9 Å². The first-order valence-electron chi connectivity index (χ1n) is 10.8. The van der Waals surface area contributed by atoms with E-state index in [2.05, 4.69) is 5.32 Å². The first kappa shape index (κ1) is 24.2. The van der Waals surface area contributed by atoms with Gasteiger partial charge in [-0.1, -0.05) is 54.6 Å². The summed E-state index contributed by atoms with van der Waals surface area (Å²) in [5, 5.41) is 11.9. The number of benzene rings is 3. The standard InChI is InChI=1S/C25H27N2O5PS/c1-25(2)17-18-11-10-16-21(22(18)31-25)23(26-24(28)29)34-27(3)33(30,20-14-8-5-9-15-20)32-19-12-6-4-7-13-19/h4-16,23,26H,17H2,1-3H3,(H,28,29). The third-order valence-electron chi connectivity index (χ3n) is 5.34. The zero-order chi connectivity index (χ0) is 24.3. The largest absolute Gasteiger partial charge is 0.487 e. The molecule has 0 bridgehead atoms. The molecule has 178 valence electrons. The summed E-state index contributed by atoms with van der Waals surface area (Å²) in [7, 11) is -1.98. The molecule has 0 radical (unpaired) electrons. The van der Waals surface area contributed by atoms with Gasteiger partial charge in [0.25, 0.3) is 0 Å². The van der Waals surface area contributed by atoms with Gasteiger partial charge in [0.2, 0.25) is 0 Å². The van der Waals surface area contributed by atoms with E-state index in [-0.39, 0.29) is 0 Å². The van der Waals surface area contributed by atoms with Gasteiger partial charge < -0.3 is 19.7 Å². The summed E-state index contributed by atoms with van der Waals surface area (Å²) in [6.45, 7) is 3.99. The lowest BCUT2D eigenvalue weighted by atomic mass is 10.0. The maximum Gasteiger partial charge on any atom is 0.405 e. The molecule has 0 aliphatic carbocycles. The second kappa shape index (κ2) is 9.74. The van der Waals surface area contributed by atoms with E-state index >= 15 is 0 Å². The summed E-state index contributed by atoms with van der Waals surface area (Å²) in [6, 6.07) is 23.5. The number of hydrogen-bond acceptors (Lipinski definition) is 5. The molecule has 0 spiro atoms. The lowest BCUT2D eigenvalue weighted by Gasteiger charge is -2.31. The monoisotopic (exact) mass is 498 g/mol. The Morgan fingerprint density at radius 1 is 1.09 bits per heavy atom. The molecule has 0 aromatic heterocycles. The van der Waals surface area contributed by atoms with Crippen LogP contribution in [0.4, 0.5) is 4.79 Å². The molecule has 7 nitrogen and oxygen atoms in total. The summed E-state index contributed by atoms with van der Waals surface area (Å²) in [6.07, 6.45) is -0.477. The van der Waals surface area contributed by atoms with Gasteiger partial charge in [-0.3, -0.25) is 4.57 Å². The normalized spacial score (nSPS) is 16.7. The van der Waals surface area contributed by atoms with Crippen molar-refractivity contribution in [3.8, 4) is 11.5 Å². The number of carbonyl (C=O) groups is 1. The van der Waals surface area contributed by atoms with Crippen molar-refractivity contribution in [2.45, 2.75) is 31.2 Å². The fourth-order valence-electron chi connectivity index (χ4n) is 3.85. The molecule has 1 aliphatic rings. The van der Waals surface area contributed by atoms with Gasteiger partial charge in [-0.15, -0.1) is 0 Å². The van der Waals surface area contributed by atoms with Crippen LogP contribution in [-0.4, -0.2) is 27.9 Å². The summed E-state index contributed by atoms with van der Waals surface area (Å²) in [5.74, 6) is 1.11. The summed E-state index contributed by atoms with van der Waals surface area (Å²) >= 11 is 1.09. The molecule has 0 fully saturated rings. The van der Waals surface area contributed by atoms with Gasteiger partial charge in [0.1, 0.15) is 22.5 Å². The first-order chi connectivity index (χ1) is 16.2. The first-order valence-corrected chi connectivity index (χ1v) is 13.2. The Balaban J connectivity index is 1.70. The summed E-state index contributed by atoms with van der Waals surface area (Å²) in [4.78, 5) is 11.7. The molecule has 4 rings (SSSR count). The van der Waals surface area contributed by atoms with Crippen molar-refractivity contribution in [2.24, 2.45) is 0 Å². The van der Waals surface area contributed by atoms with Crippen LogP contribution in [0, 0.1) is 0 Å². The number of nitrogens with zero attached hydrogens (tertiary/aromatic N) is 1. The van der Waals surface area contributed by atoms with E-state index in [9.17, 15) is 14.5 Å². The molecule has 3 aromatic carbocycles. The molecule has 9 heteroatoms. The van der Waals surface area contributed by atoms with Crippen molar-refractivity contribution >= 4 is 30.9 Å². The molecule has 2 N–H and O–H groups in total. The van der Waals surface area contributed by atoms with Crippen LogP contribution in [0.3, 0.4) is 0 Å². The van der Waals surface area contributed by atoms with Crippen LogP contribution >= 0.6 is 19.5 Å². The third kappa shape index (κ3) is 5.25. The average Bonchev–Trinajstić information content (AvgIpc) is 3.13. The highest BCUT2D eigenvalue weighted by Gasteiger charge is 2.38. The van der Waals surface area contributed by atoms with Crippen LogP contribution in [0.15, 0.2) is 78.9 Å². The van der Waals surface area contributed by atoms with Crippen molar-refractivity contribution < 1.29 is 23.7 Å². The zero-order valence-corrected chi connectivity index (χ0v) is 20.9. The Morgan fingerprint density at radius 3 is 2.38 bits per heavy atom. The van der Waals surface area contributed by atoms with E-state index in [0.717, 1.165) is 23.9 Å². The van der Waals surface area contributed by atoms with E-state index in [4.69, 9.17) is 9.26 Å². The molecule has 1 heterocycles. The van der Waals surface area contributed by atoms with Gasteiger partial charge in [-0.2, -0.15) is 4.08 Å². The molecule has 1 aliphatic heterocycles. The highest BCUT2D eigenvalue weighted by molar-refractivity contribution is 8.02. The lowest BCUT2D eigenvalue weighted by molar-refractivity contribution is 0.137.